The zero-order chi connectivity index (χ0) is 20.4. The Kier molecular flexibility index (Phi) is 5.98. The Balaban J connectivity index is 1.70. The third kappa shape index (κ3) is 3.82. The molecule has 2 fully saturated rings. The number of hydrogen-bond acceptors (Lipinski definition) is 4. The van der Waals surface area contributed by atoms with E-state index in [-0.39, 0.29) is 17.9 Å². The van der Waals surface area contributed by atoms with Gasteiger partial charge in [-0.1, -0.05) is 31.0 Å². The molecule has 2 aliphatic rings. The highest BCUT2D eigenvalue weighted by Crippen LogP contribution is 2.49. The lowest BCUT2D eigenvalue weighted by Gasteiger charge is -2.52. The van der Waals surface area contributed by atoms with Crippen LogP contribution in [0.5, 0.6) is 0 Å². The van der Waals surface area contributed by atoms with E-state index in [2.05, 4.69) is 43.0 Å². The van der Waals surface area contributed by atoms with Gasteiger partial charge in [0.25, 0.3) is 5.91 Å². The first-order valence-corrected chi connectivity index (χ1v) is 11.9. The van der Waals surface area contributed by atoms with Gasteiger partial charge in [-0.15, -0.1) is 11.3 Å². The van der Waals surface area contributed by atoms with Gasteiger partial charge in [0, 0.05) is 31.2 Å². The van der Waals surface area contributed by atoms with Gasteiger partial charge in [0.1, 0.15) is 0 Å². The van der Waals surface area contributed by atoms with Crippen LogP contribution in [0.4, 0.5) is 5.69 Å². The first-order valence-electron chi connectivity index (χ1n) is 11.0. The van der Waals surface area contributed by atoms with Gasteiger partial charge in [0.05, 0.1) is 16.5 Å². The summed E-state index contributed by atoms with van der Waals surface area (Å²) in [5.41, 5.74) is 1.72. The summed E-state index contributed by atoms with van der Waals surface area (Å²) in [4.78, 5) is 18.5. The maximum absolute atomic E-state index is 13.3. The predicted molar refractivity (Wildman–Crippen MR) is 120 cm³/mol. The van der Waals surface area contributed by atoms with E-state index >= 15 is 0 Å². The summed E-state index contributed by atoms with van der Waals surface area (Å²) in [5, 5.41) is 13.4. The van der Waals surface area contributed by atoms with Gasteiger partial charge >= 0.3 is 0 Å². The summed E-state index contributed by atoms with van der Waals surface area (Å²) in [6.07, 6.45) is 4.73. The molecule has 156 valence electrons. The summed E-state index contributed by atoms with van der Waals surface area (Å²) in [5.74, 6) is 0.207. The van der Waals surface area contributed by atoms with Crippen molar-refractivity contribution < 1.29 is 9.90 Å². The minimum atomic E-state index is -0.646. The van der Waals surface area contributed by atoms with Crippen LogP contribution in [-0.2, 0) is 0 Å². The van der Waals surface area contributed by atoms with Gasteiger partial charge in [-0.05, 0) is 62.3 Å². The number of rotatable bonds is 5. The normalized spacial score (nSPS) is 26.8. The zero-order valence-corrected chi connectivity index (χ0v) is 18.3. The molecule has 4 nitrogen and oxygen atoms in total. The summed E-state index contributed by atoms with van der Waals surface area (Å²) in [7, 11) is 0. The predicted octanol–water partition coefficient (Wildman–Crippen LogP) is 5.10. The smallest absolute Gasteiger partial charge is 0.264 e. The Morgan fingerprint density at radius 2 is 1.93 bits per heavy atom. The lowest BCUT2D eigenvalue weighted by molar-refractivity contribution is -0.114. The van der Waals surface area contributed by atoms with Crippen LogP contribution in [-0.4, -0.2) is 41.1 Å². The number of nitrogens with zero attached hydrogens (tertiary/aromatic N) is 2. The number of carbonyl (C=O) groups excluding carboxylic acids is 1. The highest BCUT2D eigenvalue weighted by molar-refractivity contribution is 7.12. The summed E-state index contributed by atoms with van der Waals surface area (Å²) in [6.45, 7) is 6.91. The molecule has 1 aromatic carbocycles. The Labute approximate surface area is 178 Å². The first kappa shape index (κ1) is 20.4. The van der Waals surface area contributed by atoms with Crippen LogP contribution in [0.3, 0.4) is 0 Å². The van der Waals surface area contributed by atoms with Gasteiger partial charge in [-0.3, -0.25) is 4.79 Å². The Bertz CT molecular complexity index is 816. The van der Waals surface area contributed by atoms with Crippen molar-refractivity contribution in [3.63, 3.8) is 0 Å². The molecule has 29 heavy (non-hydrogen) atoms. The Morgan fingerprint density at radius 3 is 2.59 bits per heavy atom. The average molecular weight is 413 g/mol. The minimum Gasteiger partial charge on any atom is -0.389 e. The van der Waals surface area contributed by atoms with E-state index in [0.717, 1.165) is 49.2 Å². The topological polar surface area (TPSA) is 43.8 Å². The molecule has 0 spiro atoms. The average Bonchev–Trinajstić information content (AvgIpc) is 3.28. The van der Waals surface area contributed by atoms with Gasteiger partial charge in [-0.25, -0.2) is 0 Å². The Morgan fingerprint density at radius 1 is 1.17 bits per heavy atom. The van der Waals surface area contributed by atoms with Crippen molar-refractivity contribution in [2.45, 2.75) is 57.6 Å². The van der Waals surface area contributed by atoms with E-state index in [4.69, 9.17) is 0 Å². The maximum Gasteiger partial charge on any atom is 0.264 e. The molecule has 1 saturated heterocycles. The molecular weight excluding hydrogens is 380 g/mol. The van der Waals surface area contributed by atoms with Crippen LogP contribution >= 0.6 is 11.3 Å². The molecule has 1 aliphatic heterocycles. The molecule has 1 amide bonds. The van der Waals surface area contributed by atoms with Crippen molar-refractivity contribution in [2.75, 3.05) is 24.5 Å². The van der Waals surface area contributed by atoms with Crippen molar-refractivity contribution in [2.24, 2.45) is 5.92 Å². The monoisotopic (exact) mass is 412 g/mol. The van der Waals surface area contributed by atoms with Crippen molar-refractivity contribution in [3.8, 4) is 0 Å². The standard InChI is InChI=1S/C24H32N2O2S/c1-3-25(4-2)19-12-10-18(11-13-19)22-20-8-5-6-14-24(20,28)15-16-26(22)23(27)21-9-7-17-29-21/h7,9-13,17,20,22,28H,3-6,8,14-16H2,1-2H3/t20-,22-,24-/m0/s1. The SMILES string of the molecule is CCN(CC)c1ccc([C@H]2[C@@H]3CCCC[C@]3(O)CCN2C(=O)c2cccs2)cc1. The quantitative estimate of drug-likeness (QED) is 0.743. The number of hydrogen-bond donors (Lipinski definition) is 1. The third-order valence-corrected chi connectivity index (χ3v) is 7.78. The maximum atomic E-state index is 13.3. The molecule has 0 unspecified atom stereocenters. The van der Waals surface area contributed by atoms with E-state index in [1.807, 2.05) is 22.4 Å². The van der Waals surface area contributed by atoms with Crippen molar-refractivity contribution in [3.05, 3.63) is 52.2 Å². The van der Waals surface area contributed by atoms with Gasteiger partial charge in [-0.2, -0.15) is 0 Å². The molecule has 1 aromatic heterocycles. The zero-order valence-electron chi connectivity index (χ0n) is 17.5. The van der Waals surface area contributed by atoms with Crippen molar-refractivity contribution >= 4 is 22.9 Å². The molecular formula is C24H32N2O2S. The molecule has 5 heteroatoms. The highest BCUT2D eigenvalue weighted by atomic mass is 32.1. The van der Waals surface area contributed by atoms with E-state index in [0.29, 0.717) is 13.0 Å². The van der Waals surface area contributed by atoms with Gasteiger partial charge < -0.3 is 14.9 Å². The molecule has 1 saturated carbocycles. The number of piperidine rings is 1. The van der Waals surface area contributed by atoms with Crippen LogP contribution < -0.4 is 4.90 Å². The number of carbonyl (C=O) groups is 1. The molecule has 0 radical (unpaired) electrons. The molecule has 2 heterocycles. The second-order valence-electron chi connectivity index (χ2n) is 8.39. The van der Waals surface area contributed by atoms with Crippen molar-refractivity contribution in [1.82, 2.24) is 4.90 Å². The van der Waals surface area contributed by atoms with E-state index in [9.17, 15) is 9.90 Å². The summed E-state index contributed by atoms with van der Waals surface area (Å²) in [6, 6.07) is 12.5. The lowest BCUT2D eigenvalue weighted by Crippen LogP contribution is -2.56. The third-order valence-electron chi connectivity index (χ3n) is 6.92. The fourth-order valence-corrected chi connectivity index (χ4v) is 6.01. The van der Waals surface area contributed by atoms with E-state index in [1.165, 1.54) is 17.0 Å². The highest BCUT2D eigenvalue weighted by Gasteiger charge is 2.50. The molecule has 4 rings (SSSR count). The van der Waals surface area contributed by atoms with Crippen LogP contribution in [0, 0.1) is 5.92 Å². The number of amides is 1. The van der Waals surface area contributed by atoms with Crippen LogP contribution in [0.15, 0.2) is 41.8 Å². The number of benzene rings is 1. The van der Waals surface area contributed by atoms with Gasteiger partial charge in [0.15, 0.2) is 0 Å². The van der Waals surface area contributed by atoms with Crippen LogP contribution in [0.1, 0.15) is 67.2 Å². The number of fused-ring (bicyclic) bond motifs is 1. The Hall–Kier alpha value is -1.85. The molecule has 1 N–H and O–H groups in total. The largest absolute Gasteiger partial charge is 0.389 e. The van der Waals surface area contributed by atoms with E-state index in [1.54, 1.807) is 0 Å². The van der Waals surface area contributed by atoms with E-state index < -0.39 is 5.60 Å². The minimum absolute atomic E-state index is 0.0607. The number of likely N-dealkylation sites (tertiary alicyclic amines) is 1. The molecule has 1 aliphatic carbocycles. The number of anilines is 1. The van der Waals surface area contributed by atoms with Gasteiger partial charge in [0.2, 0.25) is 0 Å². The second kappa shape index (κ2) is 8.49. The summed E-state index contributed by atoms with van der Waals surface area (Å²) >= 11 is 1.50. The van der Waals surface area contributed by atoms with Crippen molar-refractivity contribution in [1.29, 1.82) is 0 Å². The van der Waals surface area contributed by atoms with Crippen LogP contribution in [0.25, 0.3) is 0 Å². The van der Waals surface area contributed by atoms with Crippen LogP contribution in [0.2, 0.25) is 0 Å². The molecule has 0 bridgehead atoms. The lowest BCUT2D eigenvalue weighted by atomic mass is 9.66. The molecule has 3 atom stereocenters. The molecule has 2 aromatic rings. The fourth-order valence-electron chi connectivity index (χ4n) is 5.33. The number of thiophene rings is 1. The fraction of sp³-hybridized carbons (Fsp3) is 0.542. The number of aliphatic hydroxyl groups is 1. The summed E-state index contributed by atoms with van der Waals surface area (Å²) < 4.78 is 0. The first-order chi connectivity index (χ1) is 14.1. The second-order valence-corrected chi connectivity index (χ2v) is 9.34.